The third-order valence-corrected chi connectivity index (χ3v) is 4.16. The minimum atomic E-state index is -0.0997. The largest absolute Gasteiger partial charge is 0.396 e. The van der Waals surface area contributed by atoms with Gasteiger partial charge in [0.25, 0.3) is 5.91 Å². The summed E-state index contributed by atoms with van der Waals surface area (Å²) in [6.45, 7) is 7.42. The van der Waals surface area contributed by atoms with Gasteiger partial charge in [-0.2, -0.15) is 5.10 Å². The molecule has 0 fully saturated rings. The Hall–Kier alpha value is -2.14. The maximum absolute atomic E-state index is 12.6. The highest BCUT2D eigenvalue weighted by Crippen LogP contribution is 2.20. The monoisotopic (exact) mass is 329 g/mol. The van der Waals surface area contributed by atoms with Crippen molar-refractivity contribution >= 4 is 5.91 Å². The summed E-state index contributed by atoms with van der Waals surface area (Å²) in [7, 11) is 0. The lowest BCUT2D eigenvalue weighted by atomic mass is 9.96. The van der Waals surface area contributed by atoms with Gasteiger partial charge in [-0.15, -0.1) is 0 Å². The summed E-state index contributed by atoms with van der Waals surface area (Å²) in [4.78, 5) is 12.6. The van der Waals surface area contributed by atoms with E-state index in [0.717, 1.165) is 17.8 Å². The van der Waals surface area contributed by atoms with Crippen LogP contribution < -0.4 is 5.32 Å². The lowest BCUT2D eigenvalue weighted by molar-refractivity contribution is 0.0948. The van der Waals surface area contributed by atoms with Gasteiger partial charge in [0.05, 0.1) is 11.3 Å². The molecule has 5 nitrogen and oxygen atoms in total. The van der Waals surface area contributed by atoms with Gasteiger partial charge in [-0.3, -0.25) is 9.48 Å². The number of hydrogen-bond donors (Lipinski definition) is 2. The Morgan fingerprint density at radius 2 is 2.00 bits per heavy atom. The van der Waals surface area contributed by atoms with Crippen LogP contribution in [0, 0.1) is 0 Å². The van der Waals surface area contributed by atoms with Crippen molar-refractivity contribution in [3.05, 3.63) is 53.3 Å². The van der Waals surface area contributed by atoms with Crippen molar-refractivity contribution in [1.82, 2.24) is 15.1 Å². The van der Waals surface area contributed by atoms with Gasteiger partial charge >= 0.3 is 0 Å². The summed E-state index contributed by atoms with van der Waals surface area (Å²) in [6.07, 6.45) is 2.43. The number of nitrogens with zero attached hydrogens (tertiary/aromatic N) is 2. The normalized spacial score (nSPS) is 12.4. The molecule has 1 unspecified atom stereocenters. The van der Waals surface area contributed by atoms with E-state index >= 15 is 0 Å². The Morgan fingerprint density at radius 3 is 2.58 bits per heavy atom. The molecule has 5 heteroatoms. The number of carbonyl (C=O) groups is 1. The Balaban J connectivity index is 2.10. The Bertz CT molecular complexity index is 650. The first-order valence-electron chi connectivity index (χ1n) is 8.58. The first-order valence-corrected chi connectivity index (χ1v) is 8.58. The molecule has 0 bridgehead atoms. The summed E-state index contributed by atoms with van der Waals surface area (Å²) in [6, 6.07) is 9.97. The Kier molecular flexibility index (Phi) is 6.55. The van der Waals surface area contributed by atoms with Crippen molar-refractivity contribution in [2.24, 2.45) is 0 Å². The summed E-state index contributed by atoms with van der Waals surface area (Å²) in [5.41, 5.74) is 2.59. The molecule has 0 saturated carbocycles. The van der Waals surface area contributed by atoms with E-state index in [9.17, 15) is 9.90 Å². The van der Waals surface area contributed by atoms with Crippen LogP contribution in [0.5, 0.6) is 0 Å². The van der Waals surface area contributed by atoms with Crippen LogP contribution in [0.25, 0.3) is 0 Å². The number of aryl methyl sites for hydroxylation is 1. The second-order valence-electron chi connectivity index (χ2n) is 6.27. The minimum Gasteiger partial charge on any atom is -0.396 e. The second kappa shape index (κ2) is 8.64. The van der Waals surface area contributed by atoms with Crippen LogP contribution in [0.3, 0.4) is 0 Å². The van der Waals surface area contributed by atoms with Gasteiger partial charge < -0.3 is 10.4 Å². The third kappa shape index (κ3) is 4.45. The van der Waals surface area contributed by atoms with Gasteiger partial charge in [-0.05, 0) is 24.8 Å². The van der Waals surface area contributed by atoms with Crippen molar-refractivity contribution in [1.29, 1.82) is 0 Å². The van der Waals surface area contributed by atoms with E-state index in [2.05, 4.69) is 10.4 Å². The first kappa shape index (κ1) is 18.2. The van der Waals surface area contributed by atoms with Crippen molar-refractivity contribution in [2.45, 2.75) is 45.6 Å². The molecule has 0 spiro atoms. The number of rotatable bonds is 8. The van der Waals surface area contributed by atoms with Gasteiger partial charge in [0, 0.05) is 31.8 Å². The van der Waals surface area contributed by atoms with Crippen LogP contribution >= 0.6 is 0 Å². The molecule has 0 radical (unpaired) electrons. The predicted molar refractivity (Wildman–Crippen MR) is 95.2 cm³/mol. The fourth-order valence-corrected chi connectivity index (χ4v) is 2.78. The smallest absolute Gasteiger partial charge is 0.254 e. The molecular formula is C19H27N3O2. The molecule has 1 atom stereocenters. The van der Waals surface area contributed by atoms with Gasteiger partial charge in [0.1, 0.15) is 0 Å². The second-order valence-corrected chi connectivity index (χ2v) is 6.27. The third-order valence-electron chi connectivity index (χ3n) is 4.16. The quantitative estimate of drug-likeness (QED) is 0.782. The Morgan fingerprint density at radius 1 is 1.29 bits per heavy atom. The summed E-state index contributed by atoms with van der Waals surface area (Å²) < 4.78 is 1.80. The van der Waals surface area contributed by atoms with Crippen LogP contribution in [0.15, 0.2) is 36.5 Å². The van der Waals surface area contributed by atoms with Crippen LogP contribution in [0.4, 0.5) is 0 Å². The molecule has 24 heavy (non-hydrogen) atoms. The average molecular weight is 329 g/mol. The van der Waals surface area contributed by atoms with Gasteiger partial charge in [-0.25, -0.2) is 0 Å². The zero-order valence-corrected chi connectivity index (χ0v) is 14.7. The summed E-state index contributed by atoms with van der Waals surface area (Å²) in [5, 5.41) is 16.8. The number of amides is 1. The average Bonchev–Trinajstić information content (AvgIpc) is 3.04. The van der Waals surface area contributed by atoms with Gasteiger partial charge in [0.2, 0.25) is 0 Å². The maximum atomic E-state index is 12.6. The van der Waals surface area contributed by atoms with Crippen LogP contribution in [0.2, 0.25) is 0 Å². The van der Waals surface area contributed by atoms with Gasteiger partial charge in [0.15, 0.2) is 0 Å². The van der Waals surface area contributed by atoms with Crippen molar-refractivity contribution in [3.63, 3.8) is 0 Å². The molecular weight excluding hydrogens is 302 g/mol. The minimum absolute atomic E-state index is 0.0977. The zero-order chi connectivity index (χ0) is 17.5. The highest BCUT2D eigenvalue weighted by atomic mass is 16.3. The molecule has 130 valence electrons. The standard InChI is InChI=1S/C19H27N3O2/c1-4-22-13-17(18(21-22)14(2)3)19(24)20-12-16(10-11-23)15-8-6-5-7-9-15/h5-9,13-14,16,23H,4,10-12H2,1-3H3,(H,20,24). The number of hydrogen-bond acceptors (Lipinski definition) is 3. The fourth-order valence-electron chi connectivity index (χ4n) is 2.78. The highest BCUT2D eigenvalue weighted by molar-refractivity contribution is 5.95. The fraction of sp³-hybridized carbons (Fsp3) is 0.474. The number of nitrogens with one attached hydrogen (secondary N) is 1. The van der Waals surface area contributed by atoms with Crippen LogP contribution in [-0.4, -0.2) is 33.9 Å². The summed E-state index contributed by atoms with van der Waals surface area (Å²) >= 11 is 0. The molecule has 0 saturated heterocycles. The van der Waals surface area contributed by atoms with Crippen LogP contribution in [0.1, 0.15) is 60.6 Å². The number of aliphatic hydroxyl groups is 1. The predicted octanol–water partition coefficient (Wildman–Crippen LogP) is 2.92. The number of aliphatic hydroxyl groups excluding tert-OH is 1. The lowest BCUT2D eigenvalue weighted by Gasteiger charge is -2.17. The van der Waals surface area contributed by atoms with E-state index in [1.165, 1.54) is 0 Å². The van der Waals surface area contributed by atoms with E-state index in [1.54, 1.807) is 4.68 Å². The van der Waals surface area contributed by atoms with Crippen molar-refractivity contribution < 1.29 is 9.90 Å². The molecule has 0 aliphatic rings. The molecule has 2 rings (SSSR count). The molecule has 2 aromatic rings. The Labute approximate surface area is 143 Å². The number of carbonyl (C=O) groups excluding carboxylic acids is 1. The molecule has 0 aliphatic carbocycles. The molecule has 2 N–H and O–H groups in total. The zero-order valence-electron chi connectivity index (χ0n) is 14.7. The van der Waals surface area contributed by atoms with Crippen molar-refractivity contribution in [2.75, 3.05) is 13.2 Å². The number of aromatic nitrogens is 2. The van der Waals surface area contributed by atoms with E-state index < -0.39 is 0 Å². The van der Waals surface area contributed by atoms with E-state index in [0.29, 0.717) is 18.5 Å². The van der Waals surface area contributed by atoms with Gasteiger partial charge in [-0.1, -0.05) is 44.2 Å². The lowest BCUT2D eigenvalue weighted by Crippen LogP contribution is -2.29. The molecule has 0 aliphatic heterocycles. The van der Waals surface area contributed by atoms with Crippen molar-refractivity contribution in [3.8, 4) is 0 Å². The highest BCUT2D eigenvalue weighted by Gasteiger charge is 2.20. The SMILES string of the molecule is CCn1cc(C(=O)NCC(CCO)c2ccccc2)c(C(C)C)n1. The molecule has 1 heterocycles. The maximum Gasteiger partial charge on any atom is 0.254 e. The first-order chi connectivity index (χ1) is 11.6. The molecule has 1 aromatic heterocycles. The van der Waals surface area contributed by atoms with Crippen LogP contribution in [-0.2, 0) is 6.54 Å². The molecule has 1 aromatic carbocycles. The van der Waals surface area contributed by atoms with E-state index in [-0.39, 0.29) is 24.3 Å². The topological polar surface area (TPSA) is 67.2 Å². The molecule has 1 amide bonds. The van der Waals surface area contributed by atoms with E-state index in [4.69, 9.17) is 0 Å². The van der Waals surface area contributed by atoms with E-state index in [1.807, 2.05) is 57.3 Å². The summed E-state index contributed by atoms with van der Waals surface area (Å²) in [5.74, 6) is 0.196. The number of benzene rings is 1.